The van der Waals surface area contributed by atoms with E-state index in [0.29, 0.717) is 19.6 Å². The van der Waals surface area contributed by atoms with Crippen molar-refractivity contribution in [2.75, 3.05) is 45.5 Å². The summed E-state index contributed by atoms with van der Waals surface area (Å²) in [6, 6.07) is 4.10. The van der Waals surface area contributed by atoms with Crippen molar-refractivity contribution in [2.45, 2.75) is 37.5 Å². The van der Waals surface area contributed by atoms with Crippen LogP contribution < -0.4 is 5.32 Å². The second-order valence-corrected chi connectivity index (χ2v) is 10.4. The Morgan fingerprint density at radius 2 is 2.08 bits per heavy atom. The lowest BCUT2D eigenvalue weighted by Gasteiger charge is -2.39. The van der Waals surface area contributed by atoms with Crippen LogP contribution in [0.1, 0.15) is 38.5 Å². The number of sulfone groups is 1. The van der Waals surface area contributed by atoms with Gasteiger partial charge in [-0.05, 0) is 51.9 Å². The summed E-state index contributed by atoms with van der Waals surface area (Å²) in [7, 11) is -1.32. The van der Waals surface area contributed by atoms with Gasteiger partial charge in [-0.25, -0.2) is 8.42 Å². The summed E-state index contributed by atoms with van der Waals surface area (Å²) in [5, 5.41) is 3.45. The molecule has 2 aliphatic rings. The van der Waals surface area contributed by atoms with Crippen molar-refractivity contribution < 1.29 is 12.8 Å². The maximum absolute atomic E-state index is 12.2. The number of nitrogens with zero attached hydrogens (tertiary/aromatic N) is 3. The van der Waals surface area contributed by atoms with Gasteiger partial charge >= 0.3 is 0 Å². The molecule has 1 aromatic rings. The minimum Gasteiger partial charge on any atom is -0.468 e. The van der Waals surface area contributed by atoms with Gasteiger partial charge in [0.25, 0.3) is 0 Å². The summed E-state index contributed by atoms with van der Waals surface area (Å²) in [4.78, 5) is 8.87. The second kappa shape index (κ2) is 7.60. The number of hydrogen-bond donors (Lipinski definition) is 1. The molecule has 3 heterocycles. The van der Waals surface area contributed by atoms with Gasteiger partial charge < -0.3 is 14.6 Å². The van der Waals surface area contributed by atoms with E-state index < -0.39 is 14.6 Å². The fourth-order valence-electron chi connectivity index (χ4n) is 3.79. The van der Waals surface area contributed by atoms with Gasteiger partial charge in [0, 0.05) is 26.7 Å². The van der Waals surface area contributed by atoms with Crippen LogP contribution in [0, 0.1) is 0 Å². The van der Waals surface area contributed by atoms with Gasteiger partial charge in [0.1, 0.15) is 5.76 Å². The number of nitrogens with one attached hydrogen (secondary N) is 1. The Kier molecular flexibility index (Phi) is 5.62. The molecule has 2 saturated heterocycles. The smallest absolute Gasteiger partial charge is 0.193 e. The van der Waals surface area contributed by atoms with Crippen molar-refractivity contribution in [3.05, 3.63) is 24.2 Å². The highest BCUT2D eigenvalue weighted by atomic mass is 32.2. The Hall–Kier alpha value is -1.54. The summed E-state index contributed by atoms with van der Waals surface area (Å²) in [6.07, 6.45) is 4.14. The van der Waals surface area contributed by atoms with Crippen molar-refractivity contribution in [2.24, 2.45) is 4.99 Å². The third kappa shape index (κ3) is 3.91. The Morgan fingerprint density at radius 3 is 2.65 bits per heavy atom. The van der Waals surface area contributed by atoms with Gasteiger partial charge in [0.15, 0.2) is 15.8 Å². The fourth-order valence-corrected chi connectivity index (χ4v) is 5.15. The van der Waals surface area contributed by atoms with Crippen molar-refractivity contribution >= 4 is 15.8 Å². The Labute approximate surface area is 156 Å². The summed E-state index contributed by atoms with van der Waals surface area (Å²) >= 11 is 0. The molecule has 0 bridgehead atoms. The van der Waals surface area contributed by atoms with Gasteiger partial charge in [-0.3, -0.25) is 9.89 Å². The van der Waals surface area contributed by atoms with E-state index in [2.05, 4.69) is 15.2 Å². The molecule has 3 rings (SSSR count). The number of rotatable bonds is 4. The van der Waals surface area contributed by atoms with Crippen LogP contribution >= 0.6 is 0 Å². The molecule has 1 unspecified atom stereocenters. The zero-order chi connectivity index (χ0) is 18.8. The van der Waals surface area contributed by atoms with Crippen LogP contribution in [-0.2, 0) is 9.84 Å². The van der Waals surface area contributed by atoms with Gasteiger partial charge in [-0.15, -0.1) is 0 Å². The summed E-state index contributed by atoms with van der Waals surface area (Å²) in [5.41, 5.74) is 0. The second-order valence-electron chi connectivity index (χ2n) is 7.70. The van der Waals surface area contributed by atoms with Crippen LogP contribution in [0.5, 0.6) is 0 Å². The maximum Gasteiger partial charge on any atom is 0.193 e. The molecule has 2 fully saturated rings. The standard InChI is InChI=1S/C18H30N4O3S/c1-18(2)14-22(10-12-26(18,23)24)17(19-3)20-13-15(16-7-6-11-25-16)21-8-4-5-9-21/h6-7,11,15H,4-5,8-10,12-14H2,1-3H3,(H,19,20). The summed E-state index contributed by atoms with van der Waals surface area (Å²) in [5.74, 6) is 1.87. The number of furan rings is 1. The van der Waals surface area contributed by atoms with E-state index in [1.807, 2.05) is 17.0 Å². The lowest BCUT2D eigenvalue weighted by atomic mass is 10.2. The fraction of sp³-hybridized carbons (Fsp3) is 0.722. The highest BCUT2D eigenvalue weighted by molar-refractivity contribution is 7.92. The quantitative estimate of drug-likeness (QED) is 0.628. The average Bonchev–Trinajstić information content (AvgIpc) is 3.28. The van der Waals surface area contributed by atoms with Crippen LogP contribution in [-0.4, -0.2) is 74.4 Å². The van der Waals surface area contributed by atoms with E-state index in [9.17, 15) is 8.42 Å². The molecule has 146 valence electrons. The zero-order valence-electron chi connectivity index (χ0n) is 15.9. The topological polar surface area (TPSA) is 78.2 Å². The number of aliphatic imine (C=N–C) groups is 1. The van der Waals surface area contributed by atoms with Crippen molar-refractivity contribution in [1.29, 1.82) is 0 Å². The molecule has 1 aromatic heterocycles. The molecule has 26 heavy (non-hydrogen) atoms. The monoisotopic (exact) mass is 382 g/mol. The molecule has 0 aliphatic carbocycles. The molecule has 0 amide bonds. The van der Waals surface area contributed by atoms with Crippen molar-refractivity contribution in [3.63, 3.8) is 0 Å². The summed E-state index contributed by atoms with van der Waals surface area (Å²) in [6.45, 7) is 7.32. The predicted molar refractivity (Wildman–Crippen MR) is 103 cm³/mol. The van der Waals surface area contributed by atoms with E-state index in [1.165, 1.54) is 12.8 Å². The minimum atomic E-state index is -3.06. The molecule has 0 spiro atoms. The first kappa shape index (κ1) is 19.2. The highest BCUT2D eigenvalue weighted by Crippen LogP contribution is 2.26. The van der Waals surface area contributed by atoms with E-state index in [0.717, 1.165) is 24.8 Å². The number of guanidine groups is 1. The highest BCUT2D eigenvalue weighted by Gasteiger charge is 2.41. The van der Waals surface area contributed by atoms with Crippen LogP contribution in [0.3, 0.4) is 0 Å². The molecular formula is C18H30N4O3S. The molecule has 0 saturated carbocycles. The average molecular weight is 383 g/mol. The molecule has 7 nitrogen and oxygen atoms in total. The first-order chi connectivity index (χ1) is 12.3. The van der Waals surface area contributed by atoms with E-state index in [1.54, 1.807) is 27.2 Å². The zero-order valence-corrected chi connectivity index (χ0v) is 16.8. The normalized spacial score (nSPS) is 24.6. The van der Waals surface area contributed by atoms with Crippen LogP contribution in [0.2, 0.25) is 0 Å². The Bertz CT molecular complexity index is 722. The van der Waals surface area contributed by atoms with Crippen molar-refractivity contribution in [1.82, 2.24) is 15.1 Å². The summed E-state index contributed by atoms with van der Waals surface area (Å²) < 4.78 is 29.4. The van der Waals surface area contributed by atoms with Gasteiger partial charge in [0.05, 0.1) is 22.8 Å². The van der Waals surface area contributed by atoms with Crippen LogP contribution in [0.4, 0.5) is 0 Å². The molecule has 0 radical (unpaired) electrons. The van der Waals surface area contributed by atoms with Gasteiger partial charge in [0.2, 0.25) is 0 Å². The van der Waals surface area contributed by atoms with Gasteiger partial charge in [-0.1, -0.05) is 0 Å². The number of hydrogen-bond acceptors (Lipinski definition) is 5. The predicted octanol–water partition coefficient (Wildman–Crippen LogP) is 1.50. The van der Waals surface area contributed by atoms with E-state index in [-0.39, 0.29) is 11.8 Å². The Morgan fingerprint density at radius 1 is 1.35 bits per heavy atom. The lowest BCUT2D eigenvalue weighted by molar-refractivity contribution is 0.213. The third-order valence-corrected chi connectivity index (χ3v) is 7.99. The van der Waals surface area contributed by atoms with Crippen LogP contribution in [0.15, 0.2) is 27.8 Å². The first-order valence-corrected chi connectivity index (χ1v) is 10.9. The SMILES string of the molecule is CN=C(NCC(c1ccco1)N1CCCC1)N1CCS(=O)(=O)C(C)(C)C1. The van der Waals surface area contributed by atoms with E-state index in [4.69, 9.17) is 4.42 Å². The molecule has 1 N–H and O–H groups in total. The van der Waals surface area contributed by atoms with Gasteiger partial charge in [-0.2, -0.15) is 0 Å². The molecule has 0 aromatic carbocycles. The molecular weight excluding hydrogens is 352 g/mol. The lowest BCUT2D eigenvalue weighted by Crippen LogP contribution is -2.57. The first-order valence-electron chi connectivity index (χ1n) is 9.29. The molecule has 2 aliphatic heterocycles. The largest absolute Gasteiger partial charge is 0.468 e. The minimum absolute atomic E-state index is 0.158. The number of likely N-dealkylation sites (tertiary alicyclic amines) is 1. The van der Waals surface area contributed by atoms with E-state index >= 15 is 0 Å². The molecule has 8 heteroatoms. The Balaban J connectivity index is 1.68. The third-order valence-electron chi connectivity index (χ3n) is 5.46. The molecule has 1 atom stereocenters. The van der Waals surface area contributed by atoms with Crippen molar-refractivity contribution in [3.8, 4) is 0 Å². The van der Waals surface area contributed by atoms with Crippen LogP contribution in [0.25, 0.3) is 0 Å². The maximum atomic E-state index is 12.2.